The smallest absolute Gasteiger partial charge is 0.167 e. The van der Waals surface area contributed by atoms with Crippen LogP contribution in [0.5, 0.6) is 5.75 Å². The summed E-state index contributed by atoms with van der Waals surface area (Å²) in [6.45, 7) is 0.840. The molecule has 1 aliphatic rings. The van der Waals surface area contributed by atoms with Gasteiger partial charge in [-0.25, -0.2) is 4.39 Å². The van der Waals surface area contributed by atoms with E-state index in [-0.39, 0.29) is 16.8 Å². The van der Waals surface area contributed by atoms with E-state index in [1.54, 1.807) is 6.07 Å². The van der Waals surface area contributed by atoms with Crippen molar-refractivity contribution in [1.82, 2.24) is 0 Å². The highest BCUT2D eigenvalue weighted by molar-refractivity contribution is 7.80. The number of benzene rings is 1. The van der Waals surface area contributed by atoms with Crippen LogP contribution < -0.4 is 10.1 Å². The zero-order valence-corrected chi connectivity index (χ0v) is 8.77. The Hall–Kier alpha value is -0.900. The maximum absolute atomic E-state index is 13.3. The Kier molecular flexibility index (Phi) is 2.54. The summed E-state index contributed by atoms with van der Waals surface area (Å²) in [5.74, 6) is -0.0484. The molecule has 0 aromatic heterocycles. The molecule has 1 aromatic rings. The number of fused-ring (bicyclic) bond motifs is 1. The lowest BCUT2D eigenvalue weighted by molar-refractivity contribution is 0.386. The molecule has 0 spiro atoms. The average molecular weight is 213 g/mol. The summed E-state index contributed by atoms with van der Waals surface area (Å²) in [5, 5.41) is 3.31. The molecule has 0 saturated carbocycles. The zero-order chi connectivity index (χ0) is 10.1. The molecule has 1 unspecified atom stereocenters. The van der Waals surface area contributed by atoms with Crippen LogP contribution >= 0.6 is 12.6 Å². The molecule has 1 heterocycles. The van der Waals surface area contributed by atoms with E-state index in [1.165, 1.54) is 13.2 Å². The molecular weight excluding hydrogens is 201 g/mol. The Bertz CT molecular complexity index is 356. The summed E-state index contributed by atoms with van der Waals surface area (Å²) in [7, 11) is 1.47. The van der Waals surface area contributed by atoms with Crippen LogP contribution in [0.25, 0.3) is 0 Å². The lowest BCUT2D eigenvalue weighted by atomic mass is 10.0. The molecule has 1 atom stereocenters. The van der Waals surface area contributed by atoms with Crippen LogP contribution in [0, 0.1) is 5.82 Å². The molecule has 76 valence electrons. The van der Waals surface area contributed by atoms with Crippen LogP contribution in [0.2, 0.25) is 0 Å². The van der Waals surface area contributed by atoms with Crippen molar-refractivity contribution in [3.63, 3.8) is 0 Å². The molecule has 0 saturated heterocycles. The molecule has 2 nitrogen and oxygen atoms in total. The number of ether oxygens (including phenoxy) is 1. The zero-order valence-electron chi connectivity index (χ0n) is 7.88. The Morgan fingerprint density at radius 2 is 2.36 bits per heavy atom. The number of hydrogen-bond donors (Lipinski definition) is 2. The molecule has 0 amide bonds. The van der Waals surface area contributed by atoms with Gasteiger partial charge in [-0.2, -0.15) is 12.6 Å². The lowest BCUT2D eigenvalue weighted by Gasteiger charge is -2.23. The van der Waals surface area contributed by atoms with Crippen LogP contribution in [-0.2, 0) is 0 Å². The third kappa shape index (κ3) is 1.54. The molecule has 2 rings (SSSR count). The van der Waals surface area contributed by atoms with Gasteiger partial charge in [0, 0.05) is 23.5 Å². The van der Waals surface area contributed by atoms with Crippen molar-refractivity contribution in [2.45, 2.75) is 11.7 Å². The number of anilines is 1. The van der Waals surface area contributed by atoms with Crippen LogP contribution in [-0.4, -0.2) is 13.7 Å². The third-order valence-electron chi connectivity index (χ3n) is 2.42. The molecule has 0 bridgehead atoms. The molecule has 4 heteroatoms. The van der Waals surface area contributed by atoms with Crippen LogP contribution in [0.15, 0.2) is 12.1 Å². The van der Waals surface area contributed by atoms with Crippen molar-refractivity contribution < 1.29 is 9.13 Å². The predicted molar refractivity (Wildman–Crippen MR) is 57.8 cm³/mol. The third-order valence-corrected chi connectivity index (χ3v) is 2.95. The van der Waals surface area contributed by atoms with E-state index in [9.17, 15) is 4.39 Å². The van der Waals surface area contributed by atoms with Crippen molar-refractivity contribution >= 4 is 18.3 Å². The first-order valence-electron chi connectivity index (χ1n) is 4.51. The van der Waals surface area contributed by atoms with E-state index in [4.69, 9.17) is 4.74 Å². The first-order valence-corrected chi connectivity index (χ1v) is 5.03. The number of methoxy groups -OCH3 is 1. The predicted octanol–water partition coefficient (Wildman–Crippen LogP) is 2.62. The number of thiol groups is 1. The van der Waals surface area contributed by atoms with Crippen molar-refractivity contribution in [3.05, 3.63) is 23.5 Å². The number of rotatable bonds is 1. The van der Waals surface area contributed by atoms with Gasteiger partial charge in [0.05, 0.1) is 7.11 Å². The summed E-state index contributed by atoms with van der Waals surface area (Å²) >= 11 is 4.44. The second-order valence-corrected chi connectivity index (χ2v) is 3.93. The second-order valence-electron chi connectivity index (χ2n) is 3.31. The average Bonchev–Trinajstić information content (AvgIpc) is 2.17. The Balaban J connectivity index is 2.49. The van der Waals surface area contributed by atoms with E-state index >= 15 is 0 Å². The quantitative estimate of drug-likeness (QED) is 0.700. The van der Waals surface area contributed by atoms with Gasteiger partial charge in [-0.1, -0.05) is 0 Å². The number of halogens is 1. The van der Waals surface area contributed by atoms with Crippen molar-refractivity contribution in [3.8, 4) is 5.75 Å². The van der Waals surface area contributed by atoms with Crippen LogP contribution in [0.1, 0.15) is 17.2 Å². The van der Waals surface area contributed by atoms with E-state index < -0.39 is 0 Å². The van der Waals surface area contributed by atoms with Gasteiger partial charge in [0.2, 0.25) is 0 Å². The second kappa shape index (κ2) is 3.69. The molecule has 1 N–H and O–H groups in total. The van der Waals surface area contributed by atoms with Gasteiger partial charge in [-0.15, -0.1) is 0 Å². The van der Waals surface area contributed by atoms with Crippen LogP contribution in [0.3, 0.4) is 0 Å². The molecule has 0 aliphatic carbocycles. The maximum Gasteiger partial charge on any atom is 0.167 e. The highest BCUT2D eigenvalue weighted by Crippen LogP contribution is 2.37. The lowest BCUT2D eigenvalue weighted by Crippen LogP contribution is -2.14. The van der Waals surface area contributed by atoms with Gasteiger partial charge >= 0.3 is 0 Å². The SMILES string of the molecule is COc1cc2c(cc1F)NCCC2S. The molecule has 1 aliphatic heterocycles. The minimum absolute atomic E-state index is 0.167. The first kappa shape index (κ1) is 9.65. The summed E-state index contributed by atoms with van der Waals surface area (Å²) in [6.07, 6.45) is 0.949. The number of hydrogen-bond acceptors (Lipinski definition) is 3. The van der Waals surface area contributed by atoms with E-state index in [2.05, 4.69) is 17.9 Å². The molecule has 1 aromatic carbocycles. The van der Waals surface area contributed by atoms with Crippen molar-refractivity contribution in [2.75, 3.05) is 19.0 Å². The first-order chi connectivity index (χ1) is 6.72. The standard InChI is InChI=1S/C10H12FNOS/c1-13-9-4-6-8(5-7(9)11)12-3-2-10(6)14/h4-5,10,12,14H,2-3H2,1H3. The van der Waals surface area contributed by atoms with Gasteiger partial charge < -0.3 is 10.1 Å². The van der Waals surface area contributed by atoms with Crippen molar-refractivity contribution in [1.29, 1.82) is 0 Å². The van der Waals surface area contributed by atoms with E-state index in [1.807, 2.05) is 0 Å². The fourth-order valence-corrected chi connectivity index (χ4v) is 2.00. The maximum atomic E-state index is 13.3. The highest BCUT2D eigenvalue weighted by atomic mass is 32.1. The van der Waals surface area contributed by atoms with Gasteiger partial charge in [-0.05, 0) is 18.1 Å². The Morgan fingerprint density at radius 3 is 3.07 bits per heavy atom. The summed E-state index contributed by atoms with van der Waals surface area (Å²) in [5.41, 5.74) is 1.84. The largest absolute Gasteiger partial charge is 0.494 e. The van der Waals surface area contributed by atoms with Gasteiger partial charge in [0.15, 0.2) is 11.6 Å². The Labute approximate surface area is 87.9 Å². The summed E-state index contributed by atoms with van der Waals surface area (Å²) < 4.78 is 18.2. The van der Waals surface area contributed by atoms with Gasteiger partial charge in [0.1, 0.15) is 0 Å². The minimum atomic E-state index is -0.332. The normalized spacial score (nSPS) is 19.8. The molecule has 14 heavy (non-hydrogen) atoms. The van der Waals surface area contributed by atoms with E-state index in [0.29, 0.717) is 0 Å². The minimum Gasteiger partial charge on any atom is -0.494 e. The topological polar surface area (TPSA) is 21.3 Å². The van der Waals surface area contributed by atoms with Gasteiger partial charge in [0.25, 0.3) is 0 Å². The van der Waals surface area contributed by atoms with E-state index in [0.717, 1.165) is 24.2 Å². The van der Waals surface area contributed by atoms with Crippen LogP contribution in [0.4, 0.5) is 10.1 Å². The molecule has 0 radical (unpaired) electrons. The number of nitrogens with one attached hydrogen (secondary N) is 1. The highest BCUT2D eigenvalue weighted by Gasteiger charge is 2.19. The fourth-order valence-electron chi connectivity index (χ4n) is 1.65. The Morgan fingerprint density at radius 1 is 1.57 bits per heavy atom. The summed E-state index contributed by atoms with van der Waals surface area (Å²) in [4.78, 5) is 0. The fraction of sp³-hybridized carbons (Fsp3) is 0.400. The monoisotopic (exact) mass is 213 g/mol. The summed E-state index contributed by atoms with van der Waals surface area (Å²) in [6, 6.07) is 3.19. The molecule has 0 fully saturated rings. The molecular formula is C10H12FNOS. The van der Waals surface area contributed by atoms with Gasteiger partial charge in [-0.3, -0.25) is 0 Å². The van der Waals surface area contributed by atoms with Crippen molar-refractivity contribution in [2.24, 2.45) is 0 Å².